The first-order valence-electron chi connectivity index (χ1n) is 17.6. The van der Waals surface area contributed by atoms with E-state index in [2.05, 4.69) is 16.1 Å². The lowest BCUT2D eigenvalue weighted by atomic mass is 9.91. The normalized spacial score (nSPS) is 28.5. The molecule has 1 saturated heterocycles. The third kappa shape index (κ3) is 11.9. The number of ether oxygens (including phenoxy) is 2. The van der Waals surface area contributed by atoms with E-state index >= 15 is 0 Å². The molecule has 0 spiro atoms. The van der Waals surface area contributed by atoms with Crippen LogP contribution in [0.3, 0.4) is 0 Å². The van der Waals surface area contributed by atoms with E-state index in [4.69, 9.17) is 9.47 Å². The van der Waals surface area contributed by atoms with Crippen LogP contribution in [0, 0.1) is 11.8 Å². The van der Waals surface area contributed by atoms with Gasteiger partial charge in [-0.3, -0.25) is 24.2 Å². The Kier molecular flexibility index (Phi) is 16.0. The standard InChI is InChI=1S/C38H56N4O7/c1-7-16-29-33(48-6)21-13-11-9-10-12-20-32(26(5)8-2)49-38(47)30-19-15-22-42(41-30)37(46)31(24-27-17-14-18-28(43)23-27)39-36(45)34(25(3)4)40-35(29)44/h8-12,14,17-18,23,25,29-34,41,43H,7,13,15-16,19-22,24H2,1-6H3,(H,39,45)(H,40,44)/b11-9-,12-10-,26-8+/t29-,30+,31+,32?,33-,34+/m1/s1. The number of carbonyl (C=O) groups is 4. The zero-order valence-corrected chi connectivity index (χ0v) is 29.9. The van der Waals surface area contributed by atoms with Crippen LogP contribution < -0.4 is 16.1 Å². The molecule has 270 valence electrons. The molecule has 1 fully saturated rings. The summed E-state index contributed by atoms with van der Waals surface area (Å²) in [5, 5.41) is 17.4. The Balaban J connectivity index is 2.00. The fourth-order valence-corrected chi connectivity index (χ4v) is 6.21. The van der Waals surface area contributed by atoms with E-state index in [0.717, 1.165) is 12.0 Å². The second-order valence-corrected chi connectivity index (χ2v) is 13.3. The third-order valence-electron chi connectivity index (χ3n) is 9.21. The molecule has 2 bridgehead atoms. The number of amides is 3. The van der Waals surface area contributed by atoms with Crippen molar-refractivity contribution >= 4 is 23.7 Å². The van der Waals surface area contributed by atoms with E-state index in [1.807, 2.05) is 65.0 Å². The maximum Gasteiger partial charge on any atom is 0.325 e. The fraction of sp³-hybridized carbons (Fsp3) is 0.579. The number of benzene rings is 1. The summed E-state index contributed by atoms with van der Waals surface area (Å²) in [4.78, 5) is 55.3. The number of nitrogens with one attached hydrogen (secondary N) is 3. The number of aromatic hydroxyl groups is 1. The molecule has 0 saturated carbocycles. The minimum absolute atomic E-state index is 0.0342. The Hall–Kier alpha value is -3.96. The van der Waals surface area contributed by atoms with Crippen molar-refractivity contribution in [3.05, 3.63) is 65.8 Å². The fourth-order valence-electron chi connectivity index (χ4n) is 6.21. The van der Waals surface area contributed by atoms with Gasteiger partial charge in [-0.2, -0.15) is 0 Å². The van der Waals surface area contributed by atoms with Crippen molar-refractivity contribution in [1.29, 1.82) is 0 Å². The highest BCUT2D eigenvalue weighted by Crippen LogP contribution is 2.22. The number of nitrogens with zero attached hydrogens (tertiary/aromatic N) is 1. The predicted octanol–water partition coefficient (Wildman–Crippen LogP) is 4.66. The van der Waals surface area contributed by atoms with Gasteiger partial charge in [0.2, 0.25) is 11.8 Å². The molecular weight excluding hydrogens is 624 g/mol. The number of phenols is 1. The van der Waals surface area contributed by atoms with Crippen molar-refractivity contribution in [3.8, 4) is 5.75 Å². The Morgan fingerprint density at radius 1 is 1.10 bits per heavy atom. The van der Waals surface area contributed by atoms with Crippen molar-refractivity contribution in [3.63, 3.8) is 0 Å². The second kappa shape index (κ2) is 19.9. The number of fused-ring (bicyclic) bond motifs is 2. The number of carbonyl (C=O) groups excluding carboxylic acids is 4. The lowest BCUT2D eigenvalue weighted by molar-refractivity contribution is -0.156. The Bertz CT molecular complexity index is 1360. The van der Waals surface area contributed by atoms with Crippen LogP contribution in [-0.2, 0) is 35.1 Å². The highest BCUT2D eigenvalue weighted by molar-refractivity contribution is 5.93. The highest BCUT2D eigenvalue weighted by atomic mass is 16.5. The van der Waals surface area contributed by atoms with Gasteiger partial charge in [0, 0.05) is 26.5 Å². The van der Waals surface area contributed by atoms with Gasteiger partial charge in [-0.1, -0.05) is 69.7 Å². The van der Waals surface area contributed by atoms with Crippen LogP contribution in [0.25, 0.3) is 0 Å². The Morgan fingerprint density at radius 3 is 2.53 bits per heavy atom. The van der Waals surface area contributed by atoms with E-state index in [0.29, 0.717) is 50.6 Å². The van der Waals surface area contributed by atoms with Gasteiger partial charge < -0.3 is 25.2 Å². The largest absolute Gasteiger partial charge is 0.508 e. The van der Waals surface area contributed by atoms with Crippen molar-refractivity contribution < 1.29 is 33.8 Å². The van der Waals surface area contributed by atoms with Gasteiger partial charge in [-0.05, 0) is 75.1 Å². The van der Waals surface area contributed by atoms with Gasteiger partial charge in [-0.25, -0.2) is 5.43 Å². The molecule has 2 aliphatic rings. The van der Waals surface area contributed by atoms with Crippen LogP contribution in [0.2, 0.25) is 0 Å². The lowest BCUT2D eigenvalue weighted by Crippen LogP contribution is -2.62. The SMILES string of the molecule is C/C=C(\C)C1C/C=C\C=C/CC[C@@H](OC)[C@@H](CCC)C(=O)N[C@@H](C(C)C)C(=O)N[C@@H](Cc2cccc(O)c2)C(=O)N2CCC[C@H](N2)C(=O)O1. The number of allylic oxidation sites excluding steroid dienone is 4. The van der Waals surface area contributed by atoms with Crippen molar-refractivity contribution in [2.75, 3.05) is 13.7 Å². The molecule has 4 N–H and O–H groups in total. The summed E-state index contributed by atoms with van der Waals surface area (Å²) in [6.45, 7) is 9.83. The van der Waals surface area contributed by atoms with Crippen LogP contribution in [0.4, 0.5) is 0 Å². The van der Waals surface area contributed by atoms with Crippen LogP contribution in [0.1, 0.15) is 85.1 Å². The predicted molar refractivity (Wildman–Crippen MR) is 189 cm³/mol. The van der Waals surface area contributed by atoms with Gasteiger partial charge in [0.1, 0.15) is 30.0 Å². The zero-order valence-electron chi connectivity index (χ0n) is 29.9. The second-order valence-electron chi connectivity index (χ2n) is 13.3. The quantitative estimate of drug-likeness (QED) is 0.240. The number of cyclic esters (lactones) is 1. The van der Waals surface area contributed by atoms with Crippen molar-refractivity contribution in [2.45, 2.75) is 116 Å². The zero-order chi connectivity index (χ0) is 35.9. The number of phenolic OH excluding ortho intramolecular Hbond substituents is 1. The first-order valence-corrected chi connectivity index (χ1v) is 17.6. The van der Waals surface area contributed by atoms with Gasteiger partial charge in [0.15, 0.2) is 0 Å². The molecule has 1 aromatic carbocycles. The smallest absolute Gasteiger partial charge is 0.325 e. The van der Waals surface area contributed by atoms with Crippen molar-refractivity contribution in [2.24, 2.45) is 11.8 Å². The molecule has 0 aromatic heterocycles. The number of rotatable bonds is 7. The van der Waals surface area contributed by atoms with Crippen LogP contribution in [0.5, 0.6) is 5.75 Å². The van der Waals surface area contributed by atoms with E-state index in [1.54, 1.807) is 25.3 Å². The summed E-state index contributed by atoms with van der Waals surface area (Å²) >= 11 is 0. The molecule has 3 rings (SSSR count). The molecule has 2 aliphatic heterocycles. The average Bonchev–Trinajstić information content (AvgIpc) is 3.08. The van der Waals surface area contributed by atoms with Gasteiger partial charge in [0.05, 0.1) is 12.0 Å². The van der Waals surface area contributed by atoms with Gasteiger partial charge >= 0.3 is 5.97 Å². The molecule has 3 amide bonds. The van der Waals surface area contributed by atoms with Crippen LogP contribution in [-0.4, -0.2) is 77.8 Å². The molecule has 0 aliphatic carbocycles. The Morgan fingerprint density at radius 2 is 1.86 bits per heavy atom. The summed E-state index contributed by atoms with van der Waals surface area (Å²) in [6.07, 6.45) is 13.2. The Labute approximate surface area is 291 Å². The maximum absolute atomic E-state index is 14.1. The van der Waals surface area contributed by atoms with E-state index in [1.165, 1.54) is 11.1 Å². The number of esters is 1. The first kappa shape index (κ1) is 39.5. The summed E-state index contributed by atoms with van der Waals surface area (Å²) in [7, 11) is 1.60. The van der Waals surface area contributed by atoms with Gasteiger partial charge in [0.25, 0.3) is 5.91 Å². The summed E-state index contributed by atoms with van der Waals surface area (Å²) in [6, 6.07) is 3.78. The molecule has 1 unspecified atom stereocenters. The molecule has 11 heteroatoms. The minimum atomic E-state index is -1.05. The highest BCUT2D eigenvalue weighted by Gasteiger charge is 2.37. The van der Waals surface area contributed by atoms with Crippen LogP contribution >= 0.6 is 0 Å². The molecule has 0 radical (unpaired) electrons. The molecule has 2 heterocycles. The van der Waals surface area contributed by atoms with E-state index in [-0.39, 0.29) is 30.1 Å². The minimum Gasteiger partial charge on any atom is -0.508 e. The molecule has 6 atom stereocenters. The van der Waals surface area contributed by atoms with Gasteiger partial charge in [-0.15, -0.1) is 0 Å². The number of hydrazine groups is 1. The molecule has 11 nitrogen and oxygen atoms in total. The first-order chi connectivity index (χ1) is 23.5. The number of hydrogen-bond donors (Lipinski definition) is 4. The monoisotopic (exact) mass is 680 g/mol. The summed E-state index contributed by atoms with van der Waals surface area (Å²) < 4.78 is 11.8. The van der Waals surface area contributed by atoms with Crippen LogP contribution in [0.15, 0.2) is 60.2 Å². The number of methoxy groups -OCH3 is 1. The van der Waals surface area contributed by atoms with E-state index in [9.17, 15) is 24.3 Å². The average molecular weight is 681 g/mol. The maximum atomic E-state index is 14.1. The summed E-state index contributed by atoms with van der Waals surface area (Å²) in [5.74, 6) is -2.39. The number of hydrogen-bond acceptors (Lipinski definition) is 8. The third-order valence-corrected chi connectivity index (χ3v) is 9.21. The van der Waals surface area contributed by atoms with E-state index < -0.39 is 47.9 Å². The lowest BCUT2D eigenvalue weighted by Gasteiger charge is -2.36. The summed E-state index contributed by atoms with van der Waals surface area (Å²) in [5.41, 5.74) is 4.61. The topological polar surface area (TPSA) is 146 Å². The molecule has 49 heavy (non-hydrogen) atoms. The van der Waals surface area contributed by atoms with Crippen molar-refractivity contribution in [1.82, 2.24) is 21.1 Å². The molecular formula is C38H56N4O7. The molecule has 1 aromatic rings.